The van der Waals surface area contributed by atoms with E-state index < -0.39 is 0 Å². The average Bonchev–Trinajstić information content (AvgIpc) is 2.76. The standard InChI is InChI=1S/C13H17N3O3S/c1-13(2,3)8-6-9-11(10(7-8)16(18)19)20-12(15-9)14-4-5-17/h6-7,17H,4-5H2,1-3H3,(H,14,15). The second-order valence-electron chi connectivity index (χ2n) is 5.52. The zero-order valence-corrected chi connectivity index (χ0v) is 12.5. The number of nitro groups is 1. The Morgan fingerprint density at radius 3 is 2.70 bits per heavy atom. The number of anilines is 1. The summed E-state index contributed by atoms with van der Waals surface area (Å²) in [7, 11) is 0. The Morgan fingerprint density at radius 1 is 1.45 bits per heavy atom. The van der Waals surface area contributed by atoms with E-state index in [9.17, 15) is 10.1 Å². The highest BCUT2D eigenvalue weighted by Crippen LogP contribution is 2.37. The lowest BCUT2D eigenvalue weighted by molar-refractivity contribution is -0.383. The number of thiazole rings is 1. The van der Waals surface area contributed by atoms with E-state index in [1.54, 1.807) is 6.07 Å². The maximum absolute atomic E-state index is 11.2. The summed E-state index contributed by atoms with van der Waals surface area (Å²) >= 11 is 1.24. The fourth-order valence-corrected chi connectivity index (χ4v) is 2.78. The highest BCUT2D eigenvalue weighted by Gasteiger charge is 2.23. The zero-order chi connectivity index (χ0) is 14.9. The van der Waals surface area contributed by atoms with Crippen molar-refractivity contribution in [3.63, 3.8) is 0 Å². The summed E-state index contributed by atoms with van der Waals surface area (Å²) in [4.78, 5) is 15.2. The number of nitro benzene ring substituents is 1. The van der Waals surface area contributed by atoms with Gasteiger partial charge in [0.25, 0.3) is 5.69 Å². The van der Waals surface area contributed by atoms with Crippen LogP contribution in [0.5, 0.6) is 0 Å². The van der Waals surface area contributed by atoms with Crippen molar-refractivity contribution < 1.29 is 10.0 Å². The molecular weight excluding hydrogens is 278 g/mol. The lowest BCUT2D eigenvalue weighted by atomic mass is 9.86. The van der Waals surface area contributed by atoms with Crippen LogP contribution in [0.25, 0.3) is 10.2 Å². The minimum atomic E-state index is -0.369. The van der Waals surface area contributed by atoms with Gasteiger partial charge in [0, 0.05) is 12.6 Å². The van der Waals surface area contributed by atoms with Gasteiger partial charge in [0.1, 0.15) is 4.70 Å². The molecule has 6 nitrogen and oxygen atoms in total. The van der Waals surface area contributed by atoms with Crippen LogP contribution in [0.15, 0.2) is 12.1 Å². The normalized spacial score (nSPS) is 11.8. The van der Waals surface area contributed by atoms with Crippen molar-refractivity contribution in [3.8, 4) is 0 Å². The van der Waals surface area contributed by atoms with Crippen molar-refractivity contribution in [1.29, 1.82) is 0 Å². The number of aliphatic hydroxyl groups excluding tert-OH is 1. The molecule has 1 aromatic heterocycles. The minimum absolute atomic E-state index is 0.00867. The summed E-state index contributed by atoms with van der Waals surface area (Å²) in [5.74, 6) is 0. The van der Waals surface area contributed by atoms with Crippen molar-refractivity contribution in [2.75, 3.05) is 18.5 Å². The van der Waals surface area contributed by atoms with Crippen LogP contribution in [0.4, 0.5) is 10.8 Å². The van der Waals surface area contributed by atoms with Gasteiger partial charge in [-0.05, 0) is 17.0 Å². The first-order chi connectivity index (χ1) is 9.32. The van der Waals surface area contributed by atoms with Gasteiger partial charge in [-0.15, -0.1) is 0 Å². The Morgan fingerprint density at radius 2 is 2.15 bits per heavy atom. The van der Waals surface area contributed by atoms with Gasteiger partial charge in [0.2, 0.25) is 0 Å². The van der Waals surface area contributed by atoms with Gasteiger partial charge in [-0.1, -0.05) is 32.1 Å². The first kappa shape index (κ1) is 14.7. The quantitative estimate of drug-likeness (QED) is 0.669. The average molecular weight is 295 g/mol. The molecule has 0 unspecified atom stereocenters. The van der Waals surface area contributed by atoms with E-state index in [0.29, 0.717) is 21.9 Å². The van der Waals surface area contributed by atoms with E-state index in [-0.39, 0.29) is 22.6 Å². The molecule has 0 atom stereocenters. The van der Waals surface area contributed by atoms with E-state index >= 15 is 0 Å². The number of fused-ring (bicyclic) bond motifs is 1. The highest BCUT2D eigenvalue weighted by molar-refractivity contribution is 7.22. The lowest BCUT2D eigenvalue weighted by Gasteiger charge is -2.18. The third-order valence-electron chi connectivity index (χ3n) is 2.92. The van der Waals surface area contributed by atoms with E-state index in [0.717, 1.165) is 5.56 Å². The third-order valence-corrected chi connectivity index (χ3v) is 3.97. The van der Waals surface area contributed by atoms with Crippen LogP contribution in [0.2, 0.25) is 0 Å². The Hall–Kier alpha value is -1.73. The van der Waals surface area contributed by atoms with Crippen molar-refractivity contribution in [2.45, 2.75) is 26.2 Å². The first-order valence-corrected chi connectivity index (χ1v) is 7.09. The van der Waals surface area contributed by atoms with Crippen LogP contribution in [0.1, 0.15) is 26.3 Å². The Kier molecular flexibility index (Phi) is 3.92. The molecular formula is C13H17N3O3S. The maximum Gasteiger partial charge on any atom is 0.289 e. The molecule has 2 N–H and O–H groups in total. The Labute approximate surface area is 120 Å². The summed E-state index contributed by atoms with van der Waals surface area (Å²) in [5, 5.41) is 23.6. The number of benzene rings is 1. The summed E-state index contributed by atoms with van der Waals surface area (Å²) < 4.78 is 0.559. The zero-order valence-electron chi connectivity index (χ0n) is 11.6. The minimum Gasteiger partial charge on any atom is -0.395 e. The molecule has 0 bridgehead atoms. The number of rotatable bonds is 4. The van der Waals surface area contributed by atoms with Crippen molar-refractivity contribution in [1.82, 2.24) is 4.98 Å². The molecule has 0 aliphatic heterocycles. The van der Waals surface area contributed by atoms with Crippen LogP contribution in [-0.2, 0) is 5.41 Å². The van der Waals surface area contributed by atoms with E-state index in [2.05, 4.69) is 10.3 Å². The fraction of sp³-hybridized carbons (Fsp3) is 0.462. The van der Waals surface area contributed by atoms with Crippen molar-refractivity contribution >= 4 is 32.4 Å². The number of hydrogen-bond acceptors (Lipinski definition) is 6. The van der Waals surface area contributed by atoms with Crippen LogP contribution in [-0.4, -0.2) is 28.2 Å². The predicted octanol–water partition coefficient (Wildman–Crippen LogP) is 2.91. The monoisotopic (exact) mass is 295 g/mol. The highest BCUT2D eigenvalue weighted by atomic mass is 32.1. The summed E-state index contributed by atoms with van der Waals surface area (Å²) in [5.41, 5.74) is 1.41. The van der Waals surface area contributed by atoms with Gasteiger partial charge < -0.3 is 10.4 Å². The third kappa shape index (κ3) is 2.88. The smallest absolute Gasteiger partial charge is 0.289 e. The van der Waals surface area contributed by atoms with Gasteiger partial charge in [-0.2, -0.15) is 0 Å². The number of nitrogens with one attached hydrogen (secondary N) is 1. The summed E-state index contributed by atoms with van der Waals surface area (Å²) in [6.07, 6.45) is 0. The largest absolute Gasteiger partial charge is 0.395 e. The van der Waals surface area contributed by atoms with E-state index in [1.165, 1.54) is 11.3 Å². The number of hydrogen-bond donors (Lipinski definition) is 2. The number of non-ortho nitro benzene ring substituents is 1. The van der Waals surface area contributed by atoms with E-state index in [4.69, 9.17) is 5.11 Å². The van der Waals surface area contributed by atoms with Gasteiger partial charge in [0.05, 0.1) is 17.0 Å². The fourth-order valence-electron chi connectivity index (χ4n) is 1.82. The molecule has 0 saturated heterocycles. The number of nitrogens with zero attached hydrogens (tertiary/aromatic N) is 2. The van der Waals surface area contributed by atoms with Gasteiger partial charge >= 0.3 is 0 Å². The molecule has 2 aromatic rings. The Bertz CT molecular complexity index is 646. The Balaban J connectivity index is 2.59. The topological polar surface area (TPSA) is 88.3 Å². The number of aliphatic hydroxyl groups is 1. The number of aromatic nitrogens is 1. The van der Waals surface area contributed by atoms with E-state index in [1.807, 2.05) is 26.8 Å². The van der Waals surface area contributed by atoms with Gasteiger partial charge in [0.15, 0.2) is 5.13 Å². The molecule has 0 aliphatic rings. The van der Waals surface area contributed by atoms with Crippen LogP contribution < -0.4 is 5.32 Å². The summed E-state index contributed by atoms with van der Waals surface area (Å²) in [6, 6.07) is 3.51. The molecule has 7 heteroatoms. The molecule has 0 saturated carbocycles. The van der Waals surface area contributed by atoms with Gasteiger partial charge in [-0.25, -0.2) is 4.98 Å². The van der Waals surface area contributed by atoms with Crippen molar-refractivity contribution in [2.24, 2.45) is 0 Å². The van der Waals surface area contributed by atoms with Crippen LogP contribution >= 0.6 is 11.3 Å². The molecule has 0 spiro atoms. The molecule has 1 aromatic carbocycles. The molecule has 1 heterocycles. The van der Waals surface area contributed by atoms with Crippen molar-refractivity contribution in [3.05, 3.63) is 27.8 Å². The predicted molar refractivity (Wildman–Crippen MR) is 80.5 cm³/mol. The molecule has 0 aliphatic carbocycles. The molecule has 108 valence electrons. The molecule has 0 amide bonds. The maximum atomic E-state index is 11.2. The summed E-state index contributed by atoms with van der Waals surface area (Å²) in [6.45, 7) is 6.39. The van der Waals surface area contributed by atoms with Gasteiger partial charge in [-0.3, -0.25) is 10.1 Å². The lowest BCUT2D eigenvalue weighted by Crippen LogP contribution is -2.11. The van der Waals surface area contributed by atoms with Crippen LogP contribution in [0, 0.1) is 10.1 Å². The SMILES string of the molecule is CC(C)(C)c1cc([N+](=O)[O-])c2sc(NCCO)nc2c1. The second kappa shape index (κ2) is 5.34. The second-order valence-corrected chi connectivity index (χ2v) is 6.52. The first-order valence-electron chi connectivity index (χ1n) is 6.27. The van der Waals surface area contributed by atoms with Crippen LogP contribution in [0.3, 0.4) is 0 Å². The molecule has 2 rings (SSSR count). The molecule has 0 radical (unpaired) electrons. The molecule has 0 fully saturated rings. The molecule has 20 heavy (non-hydrogen) atoms.